The van der Waals surface area contributed by atoms with Gasteiger partial charge in [0.1, 0.15) is 0 Å². The Morgan fingerprint density at radius 1 is 1.08 bits per heavy atom. The van der Waals surface area contributed by atoms with Gasteiger partial charge in [-0.05, 0) is 24.0 Å². The third-order valence-corrected chi connectivity index (χ3v) is 5.45. The van der Waals surface area contributed by atoms with Gasteiger partial charge < -0.3 is 14.4 Å². The Kier molecular flexibility index (Phi) is 5.20. The molecule has 2 aliphatic heterocycles. The highest BCUT2D eigenvalue weighted by atomic mass is 16.5. The highest BCUT2D eigenvalue weighted by Gasteiger charge is 2.34. The SMILES string of the molecule is O=c1cccc2n1C[C@@H]1C[C@H]2CN(C[C@H](O)COCc2ccccc2)C1. The molecular formula is C21H26N2O3. The van der Waals surface area contributed by atoms with Crippen molar-refractivity contribution in [2.45, 2.75) is 31.6 Å². The van der Waals surface area contributed by atoms with Crippen LogP contribution in [0.3, 0.4) is 0 Å². The lowest BCUT2D eigenvalue weighted by molar-refractivity contribution is -0.00248. The number of hydrogen-bond donors (Lipinski definition) is 1. The van der Waals surface area contributed by atoms with Crippen molar-refractivity contribution in [3.05, 3.63) is 70.1 Å². The molecule has 138 valence electrons. The van der Waals surface area contributed by atoms with Gasteiger partial charge in [0.25, 0.3) is 5.56 Å². The molecule has 26 heavy (non-hydrogen) atoms. The van der Waals surface area contributed by atoms with Crippen molar-refractivity contribution in [3.8, 4) is 0 Å². The van der Waals surface area contributed by atoms with Crippen molar-refractivity contribution in [2.24, 2.45) is 5.92 Å². The zero-order valence-corrected chi connectivity index (χ0v) is 15.0. The molecule has 1 aromatic heterocycles. The third-order valence-electron chi connectivity index (χ3n) is 5.45. The summed E-state index contributed by atoms with van der Waals surface area (Å²) in [5.74, 6) is 0.868. The number of aliphatic hydroxyl groups is 1. The summed E-state index contributed by atoms with van der Waals surface area (Å²) in [5.41, 5.74) is 2.38. The van der Waals surface area contributed by atoms with Crippen LogP contribution in [0.5, 0.6) is 0 Å². The van der Waals surface area contributed by atoms with Crippen LogP contribution in [0.15, 0.2) is 53.3 Å². The predicted octanol–water partition coefficient (Wildman–Crippen LogP) is 1.85. The fourth-order valence-electron chi connectivity index (χ4n) is 4.38. The summed E-state index contributed by atoms with van der Waals surface area (Å²) in [6, 6.07) is 15.6. The summed E-state index contributed by atoms with van der Waals surface area (Å²) < 4.78 is 7.61. The van der Waals surface area contributed by atoms with Gasteiger partial charge in [0.2, 0.25) is 0 Å². The predicted molar refractivity (Wildman–Crippen MR) is 100 cm³/mol. The Morgan fingerprint density at radius 2 is 1.92 bits per heavy atom. The Morgan fingerprint density at radius 3 is 2.77 bits per heavy atom. The number of hydrogen-bond acceptors (Lipinski definition) is 4. The van der Waals surface area contributed by atoms with E-state index in [1.54, 1.807) is 6.07 Å². The Hall–Kier alpha value is -1.95. The largest absolute Gasteiger partial charge is 0.389 e. The molecule has 1 saturated heterocycles. The minimum atomic E-state index is -0.490. The van der Waals surface area contributed by atoms with Crippen LogP contribution >= 0.6 is 0 Å². The topological polar surface area (TPSA) is 54.7 Å². The van der Waals surface area contributed by atoms with E-state index >= 15 is 0 Å². The van der Waals surface area contributed by atoms with Gasteiger partial charge in [-0.3, -0.25) is 9.69 Å². The molecule has 3 atom stereocenters. The molecule has 5 nitrogen and oxygen atoms in total. The van der Waals surface area contributed by atoms with E-state index in [0.29, 0.717) is 31.6 Å². The molecule has 1 N–H and O–H groups in total. The molecule has 0 unspecified atom stereocenters. The molecule has 3 heterocycles. The molecule has 2 aromatic rings. The molecule has 2 aliphatic rings. The number of pyridine rings is 1. The zero-order chi connectivity index (χ0) is 17.9. The van der Waals surface area contributed by atoms with Gasteiger partial charge in [-0.1, -0.05) is 36.4 Å². The molecule has 1 fully saturated rings. The van der Waals surface area contributed by atoms with Crippen molar-refractivity contribution >= 4 is 0 Å². The molecule has 5 heteroatoms. The molecule has 0 spiro atoms. The highest BCUT2D eigenvalue weighted by Crippen LogP contribution is 2.34. The van der Waals surface area contributed by atoms with E-state index in [-0.39, 0.29) is 5.56 Å². The average molecular weight is 354 g/mol. The highest BCUT2D eigenvalue weighted by molar-refractivity contribution is 5.17. The number of benzene rings is 1. The van der Waals surface area contributed by atoms with E-state index in [2.05, 4.69) is 11.0 Å². The molecule has 0 amide bonds. The second kappa shape index (κ2) is 7.74. The molecule has 4 rings (SSSR count). The first-order valence-electron chi connectivity index (χ1n) is 9.41. The van der Waals surface area contributed by atoms with Crippen LogP contribution < -0.4 is 5.56 Å². The van der Waals surface area contributed by atoms with Crippen LogP contribution in [0.25, 0.3) is 0 Å². The number of piperidine rings is 1. The van der Waals surface area contributed by atoms with E-state index in [0.717, 1.165) is 37.3 Å². The lowest BCUT2D eigenvalue weighted by Crippen LogP contribution is -2.49. The van der Waals surface area contributed by atoms with E-state index in [4.69, 9.17) is 4.74 Å². The first kappa shape index (κ1) is 17.5. The number of likely N-dealkylation sites (tertiary alicyclic amines) is 1. The fourth-order valence-corrected chi connectivity index (χ4v) is 4.38. The van der Waals surface area contributed by atoms with Gasteiger partial charge in [-0.2, -0.15) is 0 Å². The molecule has 0 aliphatic carbocycles. The number of β-amino-alcohol motifs (C(OH)–C–C–N with tert-alkyl or cyclic N) is 1. The third kappa shape index (κ3) is 3.90. The van der Waals surface area contributed by atoms with E-state index in [1.807, 2.05) is 41.0 Å². The normalized spacial score (nSPS) is 23.4. The van der Waals surface area contributed by atoms with Crippen LogP contribution in [0, 0.1) is 5.92 Å². The molecule has 0 radical (unpaired) electrons. The first-order valence-corrected chi connectivity index (χ1v) is 9.41. The summed E-state index contributed by atoms with van der Waals surface area (Å²) in [6.45, 7) is 4.13. The lowest BCUT2D eigenvalue weighted by Gasteiger charge is -2.43. The van der Waals surface area contributed by atoms with Gasteiger partial charge in [0.05, 0.1) is 19.3 Å². The van der Waals surface area contributed by atoms with Gasteiger partial charge in [0, 0.05) is 43.9 Å². The van der Waals surface area contributed by atoms with E-state index in [9.17, 15) is 9.90 Å². The average Bonchev–Trinajstić information content (AvgIpc) is 2.63. The van der Waals surface area contributed by atoms with Gasteiger partial charge in [-0.25, -0.2) is 0 Å². The Labute approximate surface area is 153 Å². The summed E-state index contributed by atoms with van der Waals surface area (Å²) in [7, 11) is 0. The lowest BCUT2D eigenvalue weighted by atomic mass is 9.83. The number of aliphatic hydroxyl groups excluding tert-OH is 1. The van der Waals surface area contributed by atoms with Crippen LogP contribution in [0.4, 0.5) is 0 Å². The Bertz CT molecular complexity index is 789. The van der Waals surface area contributed by atoms with Gasteiger partial charge in [0.15, 0.2) is 0 Å². The Balaban J connectivity index is 1.30. The van der Waals surface area contributed by atoms with E-state index in [1.165, 1.54) is 0 Å². The van der Waals surface area contributed by atoms with Crippen molar-refractivity contribution < 1.29 is 9.84 Å². The summed E-state index contributed by atoms with van der Waals surface area (Å²) in [5, 5.41) is 10.4. The van der Waals surface area contributed by atoms with Crippen LogP contribution in [-0.4, -0.2) is 46.9 Å². The summed E-state index contributed by atoms with van der Waals surface area (Å²) in [4.78, 5) is 14.4. The maximum atomic E-state index is 12.1. The number of rotatable bonds is 6. The standard InChI is InChI=1S/C21H26N2O3/c24-19(15-26-14-16-5-2-1-3-6-16)13-22-10-17-9-18(12-22)20-7-4-8-21(25)23(20)11-17/h1-8,17-19,24H,9-15H2/t17-,18+,19+/m1/s1. The second-order valence-corrected chi connectivity index (χ2v) is 7.57. The summed E-state index contributed by atoms with van der Waals surface area (Å²) >= 11 is 0. The van der Waals surface area contributed by atoms with Crippen molar-refractivity contribution in [1.29, 1.82) is 0 Å². The van der Waals surface area contributed by atoms with Crippen LogP contribution in [0.1, 0.15) is 23.6 Å². The maximum absolute atomic E-state index is 12.1. The number of aromatic nitrogens is 1. The van der Waals surface area contributed by atoms with Gasteiger partial charge in [-0.15, -0.1) is 0 Å². The molecule has 2 bridgehead atoms. The monoisotopic (exact) mass is 354 g/mol. The minimum absolute atomic E-state index is 0.111. The van der Waals surface area contributed by atoms with Crippen molar-refractivity contribution in [2.75, 3.05) is 26.2 Å². The summed E-state index contributed by atoms with van der Waals surface area (Å²) in [6.07, 6.45) is 0.649. The molecule has 1 aromatic carbocycles. The smallest absolute Gasteiger partial charge is 0.250 e. The molecular weight excluding hydrogens is 328 g/mol. The first-order chi connectivity index (χ1) is 12.7. The van der Waals surface area contributed by atoms with Crippen LogP contribution in [0.2, 0.25) is 0 Å². The maximum Gasteiger partial charge on any atom is 0.250 e. The number of nitrogens with zero attached hydrogens (tertiary/aromatic N) is 2. The van der Waals surface area contributed by atoms with E-state index < -0.39 is 6.10 Å². The number of ether oxygens (including phenoxy) is 1. The fraction of sp³-hybridized carbons (Fsp3) is 0.476. The van der Waals surface area contributed by atoms with Crippen molar-refractivity contribution in [3.63, 3.8) is 0 Å². The second-order valence-electron chi connectivity index (χ2n) is 7.57. The zero-order valence-electron chi connectivity index (χ0n) is 15.0. The number of fused-ring (bicyclic) bond motifs is 4. The van der Waals surface area contributed by atoms with Crippen molar-refractivity contribution in [1.82, 2.24) is 9.47 Å². The van der Waals surface area contributed by atoms with Crippen LogP contribution in [-0.2, 0) is 17.9 Å². The quantitative estimate of drug-likeness (QED) is 0.860. The van der Waals surface area contributed by atoms with Gasteiger partial charge >= 0.3 is 0 Å². The molecule has 0 saturated carbocycles. The minimum Gasteiger partial charge on any atom is -0.389 e.